The van der Waals surface area contributed by atoms with Gasteiger partial charge in [-0.1, -0.05) is 31.0 Å². The monoisotopic (exact) mass is 513 g/mol. The molecule has 0 unspecified atom stereocenters. The van der Waals surface area contributed by atoms with Gasteiger partial charge < -0.3 is 20.1 Å². The van der Waals surface area contributed by atoms with E-state index in [1.165, 1.54) is 4.90 Å². The first kappa shape index (κ1) is 25.7. The van der Waals surface area contributed by atoms with Crippen LogP contribution in [0.3, 0.4) is 0 Å². The van der Waals surface area contributed by atoms with Crippen molar-refractivity contribution in [1.82, 2.24) is 5.32 Å². The first-order valence-electron chi connectivity index (χ1n) is 12.0. The summed E-state index contributed by atoms with van der Waals surface area (Å²) in [5.41, 5.74) is 1.88. The van der Waals surface area contributed by atoms with Gasteiger partial charge in [0.1, 0.15) is 17.5 Å². The van der Waals surface area contributed by atoms with Crippen LogP contribution in [0, 0.1) is 6.92 Å². The maximum absolute atomic E-state index is 13.3. The Balaban J connectivity index is 1.41. The molecule has 9 nitrogen and oxygen atoms in total. The van der Waals surface area contributed by atoms with Gasteiger partial charge in [0, 0.05) is 34.3 Å². The number of fused-ring (bicyclic) bond motifs is 1. The topological polar surface area (TPSA) is 114 Å². The van der Waals surface area contributed by atoms with Crippen molar-refractivity contribution in [2.24, 2.45) is 0 Å². The number of aryl methyl sites for hydroxylation is 1. The number of hydrogen-bond acceptors (Lipinski definition) is 6. The predicted molar refractivity (Wildman–Crippen MR) is 138 cm³/mol. The van der Waals surface area contributed by atoms with Gasteiger partial charge in [0.2, 0.25) is 24.5 Å². The number of carbonyl (C=O) groups is 3. The quantitative estimate of drug-likeness (QED) is 0.533. The summed E-state index contributed by atoms with van der Waals surface area (Å²) in [6.45, 7) is 3.64. The summed E-state index contributed by atoms with van der Waals surface area (Å²) < 4.78 is 23.3. The van der Waals surface area contributed by atoms with Gasteiger partial charge >= 0.3 is 0 Å². The van der Waals surface area contributed by atoms with E-state index in [9.17, 15) is 18.6 Å². The number of nitrogens with zero attached hydrogens (tertiary/aromatic N) is 1. The van der Waals surface area contributed by atoms with Gasteiger partial charge in [0.15, 0.2) is 11.5 Å². The highest BCUT2D eigenvalue weighted by Crippen LogP contribution is 2.34. The maximum Gasteiger partial charge on any atom is 0.243 e. The van der Waals surface area contributed by atoms with Crippen LogP contribution in [0.5, 0.6) is 11.5 Å². The van der Waals surface area contributed by atoms with Crippen molar-refractivity contribution in [3.05, 3.63) is 48.0 Å². The van der Waals surface area contributed by atoms with Crippen LogP contribution in [0.25, 0.3) is 0 Å². The minimum atomic E-state index is -1.78. The molecule has 1 aliphatic heterocycles. The molecule has 2 aromatic carbocycles. The first-order valence-corrected chi connectivity index (χ1v) is 13.5. The normalized spacial score (nSPS) is 16.3. The molecule has 1 heterocycles. The van der Waals surface area contributed by atoms with Crippen LogP contribution in [-0.2, 0) is 25.2 Å². The summed E-state index contributed by atoms with van der Waals surface area (Å²) in [5.74, 6) is -0.853. The van der Waals surface area contributed by atoms with Crippen LogP contribution < -0.4 is 25.0 Å². The molecule has 3 amide bonds. The maximum atomic E-state index is 13.3. The zero-order valence-corrected chi connectivity index (χ0v) is 21.3. The second kappa shape index (κ2) is 11.6. The third-order valence-corrected chi connectivity index (χ3v) is 7.50. The minimum Gasteiger partial charge on any atom is -0.454 e. The molecule has 2 aliphatic rings. The van der Waals surface area contributed by atoms with E-state index >= 15 is 0 Å². The lowest BCUT2D eigenvalue weighted by atomic mass is 10.1. The van der Waals surface area contributed by atoms with Crippen molar-refractivity contribution in [1.29, 1.82) is 0 Å². The van der Waals surface area contributed by atoms with Gasteiger partial charge in [-0.3, -0.25) is 23.5 Å². The number of amides is 3. The van der Waals surface area contributed by atoms with E-state index in [4.69, 9.17) is 9.47 Å². The third-order valence-electron chi connectivity index (χ3n) is 6.34. The second-order valence-corrected chi connectivity index (χ2v) is 10.5. The average molecular weight is 514 g/mol. The second-order valence-electron chi connectivity index (χ2n) is 9.06. The summed E-state index contributed by atoms with van der Waals surface area (Å²) >= 11 is 0. The Morgan fingerprint density at radius 3 is 2.53 bits per heavy atom. The highest BCUT2D eigenvalue weighted by molar-refractivity contribution is 7.86. The Morgan fingerprint density at radius 2 is 1.78 bits per heavy atom. The zero-order valence-electron chi connectivity index (χ0n) is 20.5. The van der Waals surface area contributed by atoms with Gasteiger partial charge in [-0.15, -0.1) is 0 Å². The van der Waals surface area contributed by atoms with Crippen LogP contribution in [0.15, 0.2) is 42.5 Å². The minimum absolute atomic E-state index is 0.114. The molecule has 2 aromatic rings. The van der Waals surface area contributed by atoms with Crippen LogP contribution in [0.4, 0.5) is 11.4 Å². The number of hydrogen-bond donors (Lipinski definition) is 2. The molecular weight excluding hydrogens is 482 g/mol. The molecule has 1 fully saturated rings. The van der Waals surface area contributed by atoms with Crippen molar-refractivity contribution >= 4 is 39.9 Å². The Bertz CT molecular complexity index is 1160. The summed E-state index contributed by atoms with van der Waals surface area (Å²) in [5, 5.41) is 5.71. The van der Waals surface area contributed by atoms with Gasteiger partial charge in [0.25, 0.3) is 0 Å². The van der Waals surface area contributed by atoms with Gasteiger partial charge in [-0.25, -0.2) is 0 Å². The number of ether oxygens (including phenoxy) is 2. The molecule has 4 rings (SSSR count). The number of carbonyl (C=O) groups excluding carboxylic acids is 3. The molecule has 192 valence electrons. The zero-order chi connectivity index (χ0) is 25.7. The summed E-state index contributed by atoms with van der Waals surface area (Å²) in [7, 11) is -1.78. The van der Waals surface area contributed by atoms with Crippen LogP contribution in [-0.4, -0.2) is 52.3 Å². The van der Waals surface area contributed by atoms with E-state index in [1.807, 2.05) is 19.1 Å². The Hall–Kier alpha value is -3.40. The van der Waals surface area contributed by atoms with Gasteiger partial charge in [0.05, 0.1) is 0 Å². The lowest BCUT2D eigenvalue weighted by molar-refractivity contribution is -0.125. The Morgan fingerprint density at radius 1 is 1.06 bits per heavy atom. The molecule has 0 radical (unpaired) electrons. The van der Waals surface area contributed by atoms with Crippen LogP contribution >= 0.6 is 0 Å². The number of anilines is 2. The van der Waals surface area contributed by atoms with Crippen LogP contribution in [0.2, 0.25) is 0 Å². The largest absolute Gasteiger partial charge is 0.454 e. The van der Waals surface area contributed by atoms with Crippen molar-refractivity contribution in [2.75, 3.05) is 28.5 Å². The SMILES string of the molecule is Cc1ccccc1N(C(=O)C[S@](=O)CC(=O)Nc1ccc2c(c1)OCO2)[C@H](C)C(=O)NC1CCCC1. The number of nitrogens with one attached hydrogen (secondary N) is 2. The molecule has 0 bridgehead atoms. The standard InChI is InChI=1S/C26H31N3O6S/c1-17-7-3-6-10-21(17)29(18(2)26(32)28-19-8-4-5-9-19)25(31)15-36(33)14-24(30)27-20-11-12-22-23(13-20)35-16-34-22/h3,6-7,10-13,18-19H,4-5,8-9,14-16H2,1-2H3,(H,27,30)(H,28,32)/t18-,36-/m1/s1. The molecule has 0 aromatic heterocycles. The fourth-order valence-electron chi connectivity index (χ4n) is 4.48. The molecule has 0 saturated heterocycles. The number of para-hydroxylation sites is 1. The van der Waals surface area contributed by atoms with Crippen molar-refractivity contribution in [2.45, 2.75) is 51.6 Å². The molecule has 2 atom stereocenters. The van der Waals surface area contributed by atoms with Crippen molar-refractivity contribution in [3.8, 4) is 11.5 Å². The lowest BCUT2D eigenvalue weighted by Gasteiger charge is -2.30. The van der Waals surface area contributed by atoms with E-state index in [0.29, 0.717) is 22.9 Å². The highest BCUT2D eigenvalue weighted by Gasteiger charge is 2.31. The van der Waals surface area contributed by atoms with Crippen molar-refractivity contribution < 1.29 is 28.1 Å². The van der Waals surface area contributed by atoms with E-state index in [2.05, 4.69) is 10.6 Å². The van der Waals surface area contributed by atoms with Crippen molar-refractivity contribution in [3.63, 3.8) is 0 Å². The summed E-state index contributed by atoms with van der Waals surface area (Å²) in [6, 6.07) is 11.5. The molecule has 1 saturated carbocycles. The highest BCUT2D eigenvalue weighted by atomic mass is 32.2. The van der Waals surface area contributed by atoms with Crippen LogP contribution in [0.1, 0.15) is 38.2 Å². The Labute approximate surface area is 213 Å². The van der Waals surface area contributed by atoms with E-state index < -0.39 is 28.7 Å². The predicted octanol–water partition coefficient (Wildman–Crippen LogP) is 2.89. The van der Waals surface area contributed by atoms with Gasteiger partial charge in [-0.2, -0.15) is 0 Å². The molecule has 36 heavy (non-hydrogen) atoms. The fraction of sp³-hybridized carbons (Fsp3) is 0.423. The average Bonchev–Trinajstić information content (AvgIpc) is 3.51. The molecular formula is C26H31N3O6S. The molecule has 0 spiro atoms. The number of benzene rings is 2. The lowest BCUT2D eigenvalue weighted by Crippen LogP contribution is -2.51. The molecule has 10 heteroatoms. The molecule has 1 aliphatic carbocycles. The first-order chi connectivity index (χ1) is 17.3. The van der Waals surface area contributed by atoms with E-state index in [1.54, 1.807) is 37.3 Å². The smallest absolute Gasteiger partial charge is 0.243 e. The summed E-state index contributed by atoms with van der Waals surface area (Å²) in [6.07, 6.45) is 4.01. The fourth-order valence-corrected chi connectivity index (χ4v) is 5.36. The number of rotatable bonds is 9. The van der Waals surface area contributed by atoms with Gasteiger partial charge in [-0.05, 0) is 50.5 Å². The Kier molecular flexibility index (Phi) is 8.25. The van der Waals surface area contributed by atoms with E-state index in [-0.39, 0.29) is 30.2 Å². The summed E-state index contributed by atoms with van der Waals surface area (Å²) in [4.78, 5) is 40.2. The molecule has 2 N–H and O–H groups in total. The third kappa shape index (κ3) is 6.23. The van der Waals surface area contributed by atoms with E-state index in [0.717, 1.165) is 31.2 Å².